The molecule has 1 atom stereocenters. The fourth-order valence-corrected chi connectivity index (χ4v) is 5.18. The van der Waals surface area contributed by atoms with Crippen LogP contribution < -0.4 is 5.32 Å². The number of rotatable bonds is 6. The number of hydrogen-bond acceptors (Lipinski definition) is 3. The Labute approximate surface area is 196 Å². The molecule has 1 amide bonds. The van der Waals surface area contributed by atoms with Crippen LogP contribution in [0.1, 0.15) is 37.7 Å². The van der Waals surface area contributed by atoms with E-state index in [0.29, 0.717) is 49.1 Å². The number of fused-ring (bicyclic) bond motifs is 1. The molecule has 1 aromatic heterocycles. The van der Waals surface area contributed by atoms with E-state index in [1.54, 1.807) is 12.1 Å². The maximum Gasteiger partial charge on any atom is 0.221 e. The smallest absolute Gasteiger partial charge is 0.221 e. The molecular formula is C26H28F3N3O2. The van der Waals surface area contributed by atoms with Gasteiger partial charge in [0.25, 0.3) is 0 Å². The summed E-state index contributed by atoms with van der Waals surface area (Å²) in [6.45, 7) is 5.11. The van der Waals surface area contributed by atoms with Crippen LogP contribution in [-0.4, -0.2) is 54.2 Å². The van der Waals surface area contributed by atoms with E-state index in [1.807, 2.05) is 0 Å². The molecule has 0 radical (unpaired) electrons. The monoisotopic (exact) mass is 471 g/mol. The SMILES string of the molecule is CC(CC(=O)NC1CC(c2c(-c3ccc(F)cc3)[nH]c3c(F)cc(F)cc23)C1)N1CCOCC1. The minimum absolute atomic E-state index is 0.0113. The number of aromatic amines is 1. The molecule has 180 valence electrons. The van der Waals surface area contributed by atoms with E-state index in [0.717, 1.165) is 24.7 Å². The van der Waals surface area contributed by atoms with E-state index in [1.165, 1.54) is 18.2 Å². The van der Waals surface area contributed by atoms with E-state index in [4.69, 9.17) is 4.74 Å². The van der Waals surface area contributed by atoms with Crippen molar-refractivity contribution in [2.75, 3.05) is 26.3 Å². The maximum atomic E-state index is 14.5. The number of nitrogens with zero attached hydrogens (tertiary/aromatic N) is 1. The topological polar surface area (TPSA) is 57.4 Å². The molecule has 2 heterocycles. The summed E-state index contributed by atoms with van der Waals surface area (Å²) in [5.41, 5.74) is 2.42. The highest BCUT2D eigenvalue weighted by molar-refractivity contribution is 5.92. The van der Waals surface area contributed by atoms with Crippen molar-refractivity contribution in [1.82, 2.24) is 15.2 Å². The van der Waals surface area contributed by atoms with Crippen molar-refractivity contribution in [3.63, 3.8) is 0 Å². The zero-order valence-corrected chi connectivity index (χ0v) is 19.0. The summed E-state index contributed by atoms with van der Waals surface area (Å²) in [6.07, 6.45) is 1.78. The van der Waals surface area contributed by atoms with Gasteiger partial charge < -0.3 is 15.0 Å². The molecule has 1 saturated heterocycles. The second-order valence-corrected chi connectivity index (χ2v) is 9.36. The molecule has 0 spiro atoms. The number of halogens is 3. The lowest BCUT2D eigenvalue weighted by Crippen LogP contribution is -2.47. The van der Waals surface area contributed by atoms with E-state index in [-0.39, 0.29) is 35.2 Å². The average molecular weight is 472 g/mol. The number of morpholine rings is 1. The van der Waals surface area contributed by atoms with Gasteiger partial charge in [0.1, 0.15) is 17.5 Å². The van der Waals surface area contributed by atoms with Gasteiger partial charge >= 0.3 is 0 Å². The summed E-state index contributed by atoms with van der Waals surface area (Å²) in [7, 11) is 0. The lowest BCUT2D eigenvalue weighted by molar-refractivity contribution is -0.124. The fraction of sp³-hybridized carbons (Fsp3) is 0.423. The molecule has 5 nitrogen and oxygen atoms in total. The van der Waals surface area contributed by atoms with Crippen molar-refractivity contribution in [2.24, 2.45) is 0 Å². The quantitative estimate of drug-likeness (QED) is 0.547. The van der Waals surface area contributed by atoms with Crippen molar-refractivity contribution >= 4 is 16.8 Å². The van der Waals surface area contributed by atoms with Crippen LogP contribution in [0.5, 0.6) is 0 Å². The van der Waals surface area contributed by atoms with Gasteiger partial charge in [0.2, 0.25) is 5.91 Å². The molecule has 2 aliphatic rings. The van der Waals surface area contributed by atoms with Crippen molar-refractivity contribution < 1.29 is 22.7 Å². The minimum Gasteiger partial charge on any atom is -0.379 e. The van der Waals surface area contributed by atoms with Gasteiger partial charge in [0.15, 0.2) is 0 Å². The molecule has 1 unspecified atom stereocenters. The predicted molar refractivity (Wildman–Crippen MR) is 124 cm³/mol. The summed E-state index contributed by atoms with van der Waals surface area (Å²) in [5.74, 6) is -1.63. The Kier molecular flexibility index (Phi) is 6.36. The first-order valence-electron chi connectivity index (χ1n) is 11.8. The molecule has 1 aliphatic carbocycles. The number of nitrogens with one attached hydrogen (secondary N) is 2. The predicted octanol–water partition coefficient (Wildman–Crippen LogP) is 4.73. The van der Waals surface area contributed by atoms with Gasteiger partial charge in [-0.2, -0.15) is 0 Å². The Balaban J connectivity index is 1.31. The summed E-state index contributed by atoms with van der Waals surface area (Å²) in [6, 6.07) is 8.31. The van der Waals surface area contributed by atoms with E-state index >= 15 is 0 Å². The van der Waals surface area contributed by atoms with Crippen molar-refractivity contribution in [3.8, 4) is 11.3 Å². The molecule has 1 aliphatic heterocycles. The molecule has 2 fully saturated rings. The number of carbonyl (C=O) groups is 1. The molecule has 0 bridgehead atoms. The summed E-state index contributed by atoms with van der Waals surface area (Å²) < 4.78 is 47.5. The average Bonchev–Trinajstić information content (AvgIpc) is 3.16. The number of amides is 1. The van der Waals surface area contributed by atoms with Crippen molar-refractivity contribution in [1.29, 1.82) is 0 Å². The first kappa shape index (κ1) is 22.9. The van der Waals surface area contributed by atoms with Gasteiger partial charge in [0, 0.05) is 43.0 Å². The molecule has 8 heteroatoms. The number of benzene rings is 2. The highest BCUT2D eigenvalue weighted by Gasteiger charge is 2.36. The molecule has 3 aromatic rings. The number of carbonyl (C=O) groups excluding carboxylic acids is 1. The van der Waals surface area contributed by atoms with Gasteiger partial charge in [-0.1, -0.05) is 0 Å². The molecule has 5 rings (SSSR count). The van der Waals surface area contributed by atoms with Crippen LogP contribution in [0.2, 0.25) is 0 Å². The lowest BCUT2D eigenvalue weighted by atomic mass is 9.74. The van der Waals surface area contributed by atoms with Crippen LogP contribution in [0.3, 0.4) is 0 Å². The molecule has 1 saturated carbocycles. The van der Waals surface area contributed by atoms with Crippen molar-refractivity contribution in [2.45, 2.75) is 44.2 Å². The maximum absolute atomic E-state index is 14.5. The van der Waals surface area contributed by atoms with Crippen LogP contribution in [0, 0.1) is 17.5 Å². The highest BCUT2D eigenvalue weighted by Crippen LogP contribution is 2.45. The highest BCUT2D eigenvalue weighted by atomic mass is 19.1. The Bertz CT molecular complexity index is 1180. The van der Waals surface area contributed by atoms with E-state index in [9.17, 15) is 18.0 Å². The third-order valence-electron chi connectivity index (χ3n) is 7.06. The largest absolute Gasteiger partial charge is 0.379 e. The Morgan fingerprint density at radius 1 is 1.12 bits per heavy atom. The third kappa shape index (κ3) is 4.57. The third-order valence-corrected chi connectivity index (χ3v) is 7.06. The van der Waals surface area contributed by atoms with E-state index in [2.05, 4.69) is 22.1 Å². The minimum atomic E-state index is -0.661. The first-order chi connectivity index (χ1) is 16.4. The van der Waals surface area contributed by atoms with Gasteiger partial charge in [-0.15, -0.1) is 0 Å². The van der Waals surface area contributed by atoms with Crippen molar-refractivity contribution in [3.05, 3.63) is 59.4 Å². The van der Waals surface area contributed by atoms with Gasteiger partial charge in [0.05, 0.1) is 24.4 Å². The Hall–Kier alpha value is -2.84. The molecule has 2 aromatic carbocycles. The summed E-state index contributed by atoms with van der Waals surface area (Å²) in [5, 5.41) is 3.60. The number of ether oxygens (including phenoxy) is 1. The molecule has 2 N–H and O–H groups in total. The number of aromatic nitrogens is 1. The van der Waals surface area contributed by atoms with Crippen LogP contribution in [0.25, 0.3) is 22.2 Å². The van der Waals surface area contributed by atoms with Gasteiger partial charge in [-0.25, -0.2) is 13.2 Å². The van der Waals surface area contributed by atoms with E-state index < -0.39 is 11.6 Å². The van der Waals surface area contributed by atoms with Crippen LogP contribution in [0.15, 0.2) is 36.4 Å². The summed E-state index contributed by atoms with van der Waals surface area (Å²) in [4.78, 5) is 18.0. The lowest BCUT2D eigenvalue weighted by Gasteiger charge is -2.37. The Morgan fingerprint density at radius 3 is 2.53 bits per heavy atom. The zero-order valence-electron chi connectivity index (χ0n) is 19.0. The second kappa shape index (κ2) is 9.43. The van der Waals surface area contributed by atoms with Crippen LogP contribution in [0.4, 0.5) is 13.2 Å². The first-order valence-corrected chi connectivity index (χ1v) is 11.8. The van der Waals surface area contributed by atoms with Gasteiger partial charge in [-0.05, 0) is 67.1 Å². The normalized spacial score (nSPS) is 21.9. The summed E-state index contributed by atoms with van der Waals surface area (Å²) >= 11 is 0. The number of hydrogen-bond donors (Lipinski definition) is 2. The Morgan fingerprint density at radius 2 is 1.82 bits per heavy atom. The standard InChI is InChI=1S/C26H28F3N3O2/c1-15(32-6-8-34-9-7-32)10-23(33)30-20-11-17(12-20)24-21-13-19(28)14-22(29)26(21)31-25(24)16-2-4-18(27)5-3-16/h2-5,13-15,17,20,31H,6-12H2,1H3,(H,30,33). The second-order valence-electron chi connectivity index (χ2n) is 9.36. The molecular weight excluding hydrogens is 443 g/mol. The van der Waals surface area contributed by atoms with Gasteiger partial charge in [-0.3, -0.25) is 9.69 Å². The number of H-pyrrole nitrogens is 1. The molecule has 34 heavy (non-hydrogen) atoms. The zero-order chi connectivity index (χ0) is 23.8. The van der Waals surface area contributed by atoms with Crippen LogP contribution >= 0.6 is 0 Å². The van der Waals surface area contributed by atoms with Crippen LogP contribution in [-0.2, 0) is 9.53 Å². The fourth-order valence-electron chi connectivity index (χ4n) is 5.18.